The van der Waals surface area contributed by atoms with Gasteiger partial charge in [0.15, 0.2) is 6.61 Å². The van der Waals surface area contributed by atoms with E-state index in [4.69, 9.17) is 9.47 Å². The molecule has 3 heterocycles. The number of fused-ring (bicyclic) bond motifs is 1. The van der Waals surface area contributed by atoms with Crippen LogP contribution in [0.15, 0.2) is 18.3 Å². The number of hydrogen-bond acceptors (Lipinski definition) is 6. The van der Waals surface area contributed by atoms with Gasteiger partial charge in [0.05, 0.1) is 23.6 Å². The van der Waals surface area contributed by atoms with Gasteiger partial charge in [-0.2, -0.15) is 5.10 Å². The highest BCUT2D eigenvalue weighted by molar-refractivity contribution is 5.95. The predicted molar refractivity (Wildman–Crippen MR) is 85.8 cm³/mol. The Labute approximate surface area is 138 Å². The Bertz CT molecular complexity index is 799. The van der Waals surface area contributed by atoms with Crippen LogP contribution in [0.25, 0.3) is 11.3 Å². The summed E-state index contributed by atoms with van der Waals surface area (Å²) in [7, 11) is 1.70. The fourth-order valence-corrected chi connectivity index (χ4v) is 2.23. The van der Waals surface area contributed by atoms with Crippen molar-refractivity contribution >= 4 is 23.5 Å². The highest BCUT2D eigenvalue weighted by Crippen LogP contribution is 2.32. The average molecular weight is 331 g/mol. The van der Waals surface area contributed by atoms with E-state index in [0.29, 0.717) is 28.6 Å². The van der Waals surface area contributed by atoms with Crippen molar-refractivity contribution in [3.05, 3.63) is 18.3 Å². The molecule has 9 heteroatoms. The molecule has 0 saturated carbocycles. The molecule has 0 aliphatic carbocycles. The van der Waals surface area contributed by atoms with Crippen LogP contribution in [0.1, 0.15) is 13.8 Å². The van der Waals surface area contributed by atoms with Gasteiger partial charge >= 0.3 is 6.09 Å². The van der Waals surface area contributed by atoms with Crippen LogP contribution >= 0.6 is 0 Å². The highest BCUT2D eigenvalue weighted by atomic mass is 16.6. The van der Waals surface area contributed by atoms with E-state index in [1.165, 1.54) is 4.68 Å². The van der Waals surface area contributed by atoms with E-state index in [1.54, 1.807) is 39.2 Å². The SMILES string of the molecule is CC(C)OC(=O)Nc1c(-c2ccc3c(n2)OCC(=O)N3)cnn1C. The number of carbonyl (C=O) groups excluding carboxylic acids is 2. The monoisotopic (exact) mass is 331 g/mol. The molecule has 9 nitrogen and oxygen atoms in total. The molecule has 2 amide bonds. The number of carbonyl (C=O) groups is 2. The summed E-state index contributed by atoms with van der Waals surface area (Å²) in [5.74, 6) is 0.553. The number of aryl methyl sites for hydroxylation is 1. The van der Waals surface area contributed by atoms with Gasteiger partial charge in [-0.15, -0.1) is 0 Å². The lowest BCUT2D eigenvalue weighted by atomic mass is 10.2. The zero-order valence-corrected chi connectivity index (χ0v) is 13.5. The number of pyridine rings is 1. The smallest absolute Gasteiger partial charge is 0.413 e. The van der Waals surface area contributed by atoms with Gasteiger partial charge in [-0.3, -0.25) is 14.8 Å². The first-order chi connectivity index (χ1) is 11.4. The topological polar surface area (TPSA) is 107 Å². The number of nitrogens with zero attached hydrogens (tertiary/aromatic N) is 3. The number of rotatable bonds is 3. The Morgan fingerprint density at radius 3 is 3.00 bits per heavy atom. The fraction of sp³-hybridized carbons (Fsp3) is 0.333. The maximum Gasteiger partial charge on any atom is 0.413 e. The largest absolute Gasteiger partial charge is 0.466 e. The summed E-state index contributed by atoms with van der Waals surface area (Å²) < 4.78 is 11.9. The van der Waals surface area contributed by atoms with Gasteiger partial charge in [-0.05, 0) is 26.0 Å². The predicted octanol–water partition coefficient (Wildman–Crippen LogP) is 1.77. The molecule has 0 spiro atoms. The zero-order chi connectivity index (χ0) is 17.3. The van der Waals surface area contributed by atoms with E-state index >= 15 is 0 Å². The maximum atomic E-state index is 11.9. The summed E-state index contributed by atoms with van der Waals surface area (Å²) in [6, 6.07) is 3.40. The normalized spacial score (nSPS) is 13.1. The summed E-state index contributed by atoms with van der Waals surface area (Å²) in [4.78, 5) is 27.5. The molecular weight excluding hydrogens is 314 g/mol. The number of aromatic nitrogens is 3. The molecule has 0 atom stereocenters. The summed E-state index contributed by atoms with van der Waals surface area (Å²) in [6.07, 6.45) is 0.776. The minimum Gasteiger partial charge on any atom is -0.466 e. The van der Waals surface area contributed by atoms with Crippen LogP contribution in [0.4, 0.5) is 16.3 Å². The summed E-state index contributed by atoms with van der Waals surface area (Å²) in [6.45, 7) is 3.45. The van der Waals surface area contributed by atoms with Crippen molar-refractivity contribution in [2.75, 3.05) is 17.2 Å². The van der Waals surface area contributed by atoms with Crippen LogP contribution < -0.4 is 15.4 Å². The molecule has 2 aromatic heterocycles. The molecule has 0 bridgehead atoms. The third-order valence-corrected chi connectivity index (χ3v) is 3.25. The molecule has 0 radical (unpaired) electrons. The van der Waals surface area contributed by atoms with E-state index < -0.39 is 6.09 Å². The van der Waals surface area contributed by atoms with Crippen molar-refractivity contribution in [3.63, 3.8) is 0 Å². The fourth-order valence-electron chi connectivity index (χ4n) is 2.23. The molecular formula is C15H17N5O4. The van der Waals surface area contributed by atoms with Crippen LogP contribution in [0.2, 0.25) is 0 Å². The van der Waals surface area contributed by atoms with Crippen molar-refractivity contribution in [1.82, 2.24) is 14.8 Å². The molecule has 1 aliphatic heterocycles. The summed E-state index contributed by atoms with van der Waals surface area (Å²) >= 11 is 0. The first-order valence-corrected chi connectivity index (χ1v) is 7.37. The van der Waals surface area contributed by atoms with E-state index in [0.717, 1.165) is 0 Å². The Balaban J connectivity index is 1.90. The number of amides is 2. The van der Waals surface area contributed by atoms with Crippen molar-refractivity contribution in [3.8, 4) is 17.1 Å². The van der Waals surface area contributed by atoms with Crippen molar-refractivity contribution < 1.29 is 19.1 Å². The molecule has 2 aromatic rings. The second-order valence-corrected chi connectivity index (χ2v) is 5.50. The molecule has 1 aliphatic rings. The van der Waals surface area contributed by atoms with Gasteiger partial charge in [0.25, 0.3) is 5.91 Å². The number of ether oxygens (including phenoxy) is 2. The lowest BCUT2D eigenvalue weighted by Crippen LogP contribution is -2.26. The van der Waals surface area contributed by atoms with E-state index in [1.807, 2.05) is 0 Å². The van der Waals surface area contributed by atoms with Gasteiger partial charge in [0, 0.05) is 7.05 Å². The minimum atomic E-state index is -0.573. The zero-order valence-electron chi connectivity index (χ0n) is 13.5. The van der Waals surface area contributed by atoms with Crippen molar-refractivity contribution in [2.24, 2.45) is 7.05 Å². The first-order valence-electron chi connectivity index (χ1n) is 7.37. The van der Waals surface area contributed by atoms with Gasteiger partial charge in [0.2, 0.25) is 5.88 Å². The molecule has 0 saturated heterocycles. The van der Waals surface area contributed by atoms with Crippen molar-refractivity contribution in [2.45, 2.75) is 20.0 Å². The summed E-state index contributed by atoms with van der Waals surface area (Å²) in [5, 5.41) is 9.48. The molecule has 126 valence electrons. The number of nitrogens with one attached hydrogen (secondary N) is 2. The highest BCUT2D eigenvalue weighted by Gasteiger charge is 2.21. The van der Waals surface area contributed by atoms with Gasteiger partial charge < -0.3 is 14.8 Å². The van der Waals surface area contributed by atoms with Crippen LogP contribution in [-0.4, -0.2) is 39.5 Å². The quantitative estimate of drug-likeness (QED) is 0.887. The van der Waals surface area contributed by atoms with Gasteiger partial charge in [-0.1, -0.05) is 0 Å². The lowest BCUT2D eigenvalue weighted by Gasteiger charge is -2.17. The molecule has 0 fully saturated rings. The van der Waals surface area contributed by atoms with Crippen molar-refractivity contribution in [1.29, 1.82) is 0 Å². The molecule has 0 unspecified atom stereocenters. The Morgan fingerprint density at radius 1 is 1.46 bits per heavy atom. The molecule has 3 rings (SSSR count). The van der Waals surface area contributed by atoms with E-state index in [9.17, 15) is 9.59 Å². The van der Waals surface area contributed by atoms with Crippen LogP contribution in [-0.2, 0) is 16.6 Å². The summed E-state index contributed by atoms with van der Waals surface area (Å²) in [5.41, 5.74) is 1.67. The van der Waals surface area contributed by atoms with Crippen LogP contribution in [0.3, 0.4) is 0 Å². The van der Waals surface area contributed by atoms with E-state index in [-0.39, 0.29) is 18.6 Å². The Kier molecular flexibility index (Phi) is 4.07. The second kappa shape index (κ2) is 6.19. The third-order valence-electron chi connectivity index (χ3n) is 3.25. The Hall–Kier alpha value is -3.10. The van der Waals surface area contributed by atoms with Gasteiger partial charge in [0.1, 0.15) is 11.5 Å². The standard InChI is InChI=1S/C15H17N5O4/c1-8(2)24-15(22)19-13-9(6-16-20(13)3)10-4-5-11-14(18-10)23-7-12(21)17-11/h4-6,8H,7H2,1-3H3,(H,17,21)(H,19,22). The Morgan fingerprint density at radius 2 is 2.25 bits per heavy atom. The third kappa shape index (κ3) is 3.14. The molecule has 2 N–H and O–H groups in total. The first kappa shape index (κ1) is 15.8. The number of anilines is 2. The van der Waals surface area contributed by atoms with Crippen LogP contribution in [0.5, 0.6) is 5.88 Å². The average Bonchev–Trinajstić information content (AvgIpc) is 2.87. The number of hydrogen-bond donors (Lipinski definition) is 2. The minimum absolute atomic E-state index is 0.0810. The molecule has 24 heavy (non-hydrogen) atoms. The van der Waals surface area contributed by atoms with Crippen LogP contribution in [0, 0.1) is 0 Å². The second-order valence-electron chi connectivity index (χ2n) is 5.50. The molecule has 0 aromatic carbocycles. The van der Waals surface area contributed by atoms with Gasteiger partial charge in [-0.25, -0.2) is 9.78 Å². The maximum absolute atomic E-state index is 11.9. The lowest BCUT2D eigenvalue weighted by molar-refractivity contribution is -0.118. The van der Waals surface area contributed by atoms with E-state index in [2.05, 4.69) is 20.7 Å².